The summed E-state index contributed by atoms with van der Waals surface area (Å²) in [5.41, 5.74) is 2.38. The van der Waals surface area contributed by atoms with E-state index in [0.717, 1.165) is 31.3 Å². The van der Waals surface area contributed by atoms with E-state index in [1.807, 2.05) is 19.1 Å². The molecule has 0 atom stereocenters. The first-order valence-electron chi connectivity index (χ1n) is 7.02. The van der Waals surface area contributed by atoms with E-state index in [0.29, 0.717) is 6.04 Å². The standard InChI is InChI=1S/C15H23ClN2O/c1-3-19-10-9-18(2)15-6-4-5-14(16)13(15)11-17-12-7-8-12/h4-6,12,17H,3,7-11H2,1-2H3. The molecule has 4 heteroatoms. The lowest BCUT2D eigenvalue weighted by Crippen LogP contribution is -2.25. The van der Waals surface area contributed by atoms with Crippen LogP contribution in [0.15, 0.2) is 18.2 Å². The summed E-state index contributed by atoms with van der Waals surface area (Å²) in [5, 5.41) is 4.38. The van der Waals surface area contributed by atoms with E-state index in [-0.39, 0.29) is 0 Å². The van der Waals surface area contributed by atoms with Gasteiger partial charge in [-0.3, -0.25) is 0 Å². The monoisotopic (exact) mass is 282 g/mol. The topological polar surface area (TPSA) is 24.5 Å². The van der Waals surface area contributed by atoms with Gasteiger partial charge in [-0.15, -0.1) is 0 Å². The third-order valence-electron chi connectivity index (χ3n) is 3.43. The Balaban J connectivity index is 2.01. The number of anilines is 1. The molecule has 1 saturated carbocycles. The maximum atomic E-state index is 6.34. The predicted molar refractivity (Wildman–Crippen MR) is 81.1 cm³/mol. The molecule has 0 unspecified atom stereocenters. The third-order valence-corrected chi connectivity index (χ3v) is 3.78. The van der Waals surface area contributed by atoms with Crippen molar-refractivity contribution in [3.05, 3.63) is 28.8 Å². The number of likely N-dealkylation sites (N-methyl/N-ethyl adjacent to an activating group) is 1. The summed E-state index contributed by atoms with van der Waals surface area (Å²) in [6.45, 7) is 5.25. The minimum atomic E-state index is 0.692. The lowest BCUT2D eigenvalue weighted by atomic mass is 10.1. The van der Waals surface area contributed by atoms with E-state index in [1.54, 1.807) is 0 Å². The van der Waals surface area contributed by atoms with Crippen molar-refractivity contribution >= 4 is 17.3 Å². The number of nitrogens with one attached hydrogen (secondary N) is 1. The van der Waals surface area contributed by atoms with Gasteiger partial charge < -0.3 is 15.0 Å². The highest BCUT2D eigenvalue weighted by Crippen LogP contribution is 2.28. The van der Waals surface area contributed by atoms with Gasteiger partial charge in [-0.05, 0) is 31.9 Å². The molecule has 0 aliphatic heterocycles. The molecule has 2 rings (SSSR count). The fourth-order valence-electron chi connectivity index (χ4n) is 2.08. The summed E-state index contributed by atoms with van der Waals surface area (Å²) in [6.07, 6.45) is 2.58. The number of hydrogen-bond acceptors (Lipinski definition) is 3. The molecule has 19 heavy (non-hydrogen) atoms. The van der Waals surface area contributed by atoms with E-state index in [4.69, 9.17) is 16.3 Å². The second kappa shape index (κ2) is 7.13. The minimum Gasteiger partial charge on any atom is -0.380 e. The van der Waals surface area contributed by atoms with Gasteiger partial charge in [0.15, 0.2) is 0 Å². The van der Waals surface area contributed by atoms with E-state index in [1.165, 1.54) is 24.1 Å². The third kappa shape index (κ3) is 4.37. The molecular weight excluding hydrogens is 260 g/mol. The molecule has 0 aromatic heterocycles. The first-order valence-corrected chi connectivity index (χ1v) is 7.39. The fourth-order valence-corrected chi connectivity index (χ4v) is 2.32. The first-order chi connectivity index (χ1) is 9.22. The van der Waals surface area contributed by atoms with Crippen molar-refractivity contribution in [2.24, 2.45) is 0 Å². The van der Waals surface area contributed by atoms with Crippen molar-refractivity contribution in [1.82, 2.24) is 5.32 Å². The molecule has 3 nitrogen and oxygen atoms in total. The maximum Gasteiger partial charge on any atom is 0.0641 e. The van der Waals surface area contributed by atoms with Gasteiger partial charge in [-0.2, -0.15) is 0 Å². The molecule has 0 spiro atoms. The number of hydrogen-bond donors (Lipinski definition) is 1. The lowest BCUT2D eigenvalue weighted by molar-refractivity contribution is 0.154. The van der Waals surface area contributed by atoms with E-state index >= 15 is 0 Å². The molecule has 0 bridgehead atoms. The Hall–Kier alpha value is -0.770. The summed E-state index contributed by atoms with van der Waals surface area (Å²) < 4.78 is 5.41. The molecule has 1 aromatic rings. The zero-order chi connectivity index (χ0) is 13.7. The Morgan fingerprint density at radius 3 is 2.89 bits per heavy atom. The van der Waals surface area contributed by atoms with Gasteiger partial charge in [0.1, 0.15) is 0 Å². The zero-order valence-electron chi connectivity index (χ0n) is 11.8. The Morgan fingerprint density at radius 2 is 2.21 bits per heavy atom. The van der Waals surface area contributed by atoms with Crippen LogP contribution in [0.4, 0.5) is 5.69 Å². The summed E-state index contributed by atoms with van der Waals surface area (Å²) in [4.78, 5) is 2.21. The van der Waals surface area contributed by atoms with E-state index < -0.39 is 0 Å². The Labute approximate surface area is 120 Å². The summed E-state index contributed by atoms with van der Waals surface area (Å²) in [6, 6.07) is 6.79. The molecule has 106 valence electrons. The molecule has 0 heterocycles. The average Bonchev–Trinajstić information content (AvgIpc) is 3.21. The number of ether oxygens (including phenoxy) is 1. The van der Waals surface area contributed by atoms with Crippen LogP contribution >= 0.6 is 11.6 Å². The second-order valence-corrected chi connectivity index (χ2v) is 5.42. The Kier molecular flexibility index (Phi) is 5.49. The predicted octanol–water partition coefficient (Wildman–Crippen LogP) is 3.06. The molecule has 1 fully saturated rings. The van der Waals surface area contributed by atoms with Crippen molar-refractivity contribution in [3.63, 3.8) is 0 Å². The van der Waals surface area contributed by atoms with Crippen molar-refractivity contribution in [2.45, 2.75) is 32.4 Å². The smallest absolute Gasteiger partial charge is 0.0641 e. The number of rotatable bonds is 8. The SMILES string of the molecule is CCOCCN(C)c1cccc(Cl)c1CNC1CC1. The van der Waals surface area contributed by atoms with Crippen LogP contribution in [0.3, 0.4) is 0 Å². The molecule has 0 amide bonds. The van der Waals surface area contributed by atoms with Gasteiger partial charge in [0.05, 0.1) is 6.61 Å². The molecule has 1 aliphatic carbocycles. The highest BCUT2D eigenvalue weighted by atomic mass is 35.5. The van der Waals surface area contributed by atoms with Crippen LogP contribution < -0.4 is 10.2 Å². The Morgan fingerprint density at radius 1 is 1.42 bits per heavy atom. The molecule has 1 N–H and O–H groups in total. The average molecular weight is 283 g/mol. The van der Waals surface area contributed by atoms with Gasteiger partial charge >= 0.3 is 0 Å². The van der Waals surface area contributed by atoms with Crippen LogP contribution in [0.5, 0.6) is 0 Å². The highest BCUT2D eigenvalue weighted by Gasteiger charge is 2.21. The Bertz CT molecular complexity index is 407. The molecular formula is C15H23ClN2O. The summed E-state index contributed by atoms with van der Waals surface area (Å²) >= 11 is 6.34. The molecule has 1 aliphatic rings. The van der Waals surface area contributed by atoms with Gasteiger partial charge in [0, 0.05) is 49.1 Å². The fraction of sp³-hybridized carbons (Fsp3) is 0.600. The van der Waals surface area contributed by atoms with Gasteiger partial charge in [-0.1, -0.05) is 17.7 Å². The summed E-state index contributed by atoms with van der Waals surface area (Å²) in [5.74, 6) is 0. The van der Waals surface area contributed by atoms with Gasteiger partial charge in [-0.25, -0.2) is 0 Å². The van der Waals surface area contributed by atoms with Crippen molar-refractivity contribution in [3.8, 4) is 0 Å². The largest absolute Gasteiger partial charge is 0.380 e. The van der Waals surface area contributed by atoms with Gasteiger partial charge in [0.25, 0.3) is 0 Å². The first kappa shape index (κ1) is 14.6. The van der Waals surface area contributed by atoms with Crippen LogP contribution in [0.2, 0.25) is 5.02 Å². The lowest BCUT2D eigenvalue weighted by Gasteiger charge is -2.23. The van der Waals surface area contributed by atoms with Crippen molar-refractivity contribution in [2.75, 3.05) is 31.7 Å². The van der Waals surface area contributed by atoms with E-state index in [2.05, 4.69) is 23.3 Å². The molecule has 1 aromatic carbocycles. The van der Waals surface area contributed by atoms with Crippen LogP contribution in [0, 0.1) is 0 Å². The van der Waals surface area contributed by atoms with Crippen molar-refractivity contribution in [1.29, 1.82) is 0 Å². The number of halogens is 1. The van der Waals surface area contributed by atoms with Gasteiger partial charge in [0.2, 0.25) is 0 Å². The quantitative estimate of drug-likeness (QED) is 0.742. The van der Waals surface area contributed by atoms with E-state index in [9.17, 15) is 0 Å². The number of nitrogens with zero attached hydrogens (tertiary/aromatic N) is 1. The minimum absolute atomic E-state index is 0.692. The van der Waals surface area contributed by atoms with Crippen LogP contribution in [0.1, 0.15) is 25.3 Å². The van der Waals surface area contributed by atoms with Crippen LogP contribution in [-0.4, -0.2) is 32.8 Å². The highest BCUT2D eigenvalue weighted by molar-refractivity contribution is 6.31. The normalized spacial score (nSPS) is 14.7. The number of benzene rings is 1. The molecule has 0 saturated heterocycles. The zero-order valence-corrected chi connectivity index (χ0v) is 12.5. The summed E-state index contributed by atoms with van der Waals surface area (Å²) in [7, 11) is 2.09. The van der Waals surface area contributed by atoms with Crippen LogP contribution in [0.25, 0.3) is 0 Å². The maximum absolute atomic E-state index is 6.34. The molecule has 0 radical (unpaired) electrons. The second-order valence-electron chi connectivity index (χ2n) is 5.01. The van der Waals surface area contributed by atoms with Crippen LogP contribution in [-0.2, 0) is 11.3 Å². The van der Waals surface area contributed by atoms with Crippen molar-refractivity contribution < 1.29 is 4.74 Å².